The Hall–Kier alpha value is -1.12. The van der Waals surface area contributed by atoms with E-state index in [2.05, 4.69) is 10.2 Å². The van der Waals surface area contributed by atoms with Crippen LogP contribution in [-0.2, 0) is 23.5 Å². The summed E-state index contributed by atoms with van der Waals surface area (Å²) in [5, 5.41) is 3.41. The molecule has 0 bridgehead atoms. The van der Waals surface area contributed by atoms with Gasteiger partial charge in [-0.1, -0.05) is 6.07 Å². The van der Waals surface area contributed by atoms with E-state index in [0.29, 0.717) is 36.6 Å². The van der Waals surface area contributed by atoms with Crippen LogP contribution in [0.25, 0.3) is 0 Å². The number of hydrogen-bond donors (Lipinski definition) is 1. The fourth-order valence-electron chi connectivity index (χ4n) is 4.95. The smallest absolute Gasteiger partial charge is 0.416 e. The van der Waals surface area contributed by atoms with Gasteiger partial charge in [-0.05, 0) is 70.3 Å². The minimum atomic E-state index is -4.39. The minimum Gasteiger partial charge on any atom is -0.490 e. The van der Waals surface area contributed by atoms with Crippen molar-refractivity contribution < 1.29 is 22.1 Å². The lowest BCUT2D eigenvalue weighted by Crippen LogP contribution is -2.50. The van der Waals surface area contributed by atoms with Crippen molar-refractivity contribution in [1.29, 1.82) is 0 Å². The molecule has 1 aromatic carbocycles. The Morgan fingerprint density at radius 2 is 1.90 bits per heavy atom. The maximum Gasteiger partial charge on any atom is 0.416 e. The van der Waals surface area contributed by atoms with Gasteiger partial charge in [0.15, 0.2) is 0 Å². The monoisotopic (exact) mass is 430 g/mol. The van der Waals surface area contributed by atoms with Crippen LogP contribution < -0.4 is 10.1 Å². The first-order valence-corrected chi connectivity index (χ1v) is 12.0. The quantitative estimate of drug-likeness (QED) is 0.791. The number of benzene rings is 1. The van der Waals surface area contributed by atoms with Crippen LogP contribution in [0.4, 0.5) is 13.2 Å². The van der Waals surface area contributed by atoms with Gasteiger partial charge in [-0.3, -0.25) is 9.11 Å². The summed E-state index contributed by atoms with van der Waals surface area (Å²) < 4.78 is 57.6. The van der Waals surface area contributed by atoms with Gasteiger partial charge in [0.05, 0.1) is 5.56 Å². The first kappa shape index (κ1) is 21.1. The average molecular weight is 431 g/mol. The molecule has 4 nitrogen and oxygen atoms in total. The van der Waals surface area contributed by atoms with Crippen LogP contribution in [0.1, 0.15) is 49.7 Å². The third-order valence-corrected chi connectivity index (χ3v) is 8.04. The first-order chi connectivity index (χ1) is 13.9. The molecule has 1 N–H and O–H groups in total. The molecule has 3 saturated heterocycles. The second-order valence-corrected chi connectivity index (χ2v) is 10.2. The molecule has 0 aliphatic carbocycles. The minimum absolute atomic E-state index is 0.160. The lowest BCUT2D eigenvalue weighted by atomic mass is 9.85. The van der Waals surface area contributed by atoms with E-state index in [1.807, 2.05) is 0 Å². The fourth-order valence-corrected chi connectivity index (χ4v) is 6.20. The summed E-state index contributed by atoms with van der Waals surface area (Å²) in [4.78, 5) is 2.46. The maximum absolute atomic E-state index is 13.3. The van der Waals surface area contributed by atoms with Crippen LogP contribution in [-0.4, -0.2) is 51.9 Å². The lowest BCUT2D eigenvalue weighted by Gasteiger charge is -2.42. The molecule has 8 heteroatoms. The molecule has 3 aliphatic heterocycles. The zero-order valence-electron chi connectivity index (χ0n) is 16.6. The highest BCUT2D eigenvalue weighted by atomic mass is 32.2. The number of halogens is 3. The summed E-state index contributed by atoms with van der Waals surface area (Å²) in [6, 6.07) is 3.92. The van der Waals surface area contributed by atoms with Gasteiger partial charge in [0, 0.05) is 40.0 Å². The molecule has 1 spiro atoms. The van der Waals surface area contributed by atoms with E-state index in [1.165, 1.54) is 6.07 Å². The van der Waals surface area contributed by atoms with Crippen molar-refractivity contribution in [1.82, 2.24) is 10.2 Å². The molecular formula is C21H29F3N2O2S. The normalized spacial score (nSPS) is 28.0. The van der Waals surface area contributed by atoms with E-state index in [0.717, 1.165) is 56.9 Å². The van der Waals surface area contributed by atoms with Gasteiger partial charge in [0.25, 0.3) is 0 Å². The van der Waals surface area contributed by atoms with E-state index in [4.69, 9.17) is 4.74 Å². The van der Waals surface area contributed by atoms with Gasteiger partial charge in [-0.15, -0.1) is 0 Å². The number of rotatable bonds is 4. The van der Waals surface area contributed by atoms with Crippen molar-refractivity contribution in [2.45, 2.75) is 62.9 Å². The molecule has 0 amide bonds. The molecule has 4 rings (SSSR count). The highest BCUT2D eigenvalue weighted by molar-refractivity contribution is 7.85. The molecule has 29 heavy (non-hydrogen) atoms. The number of hydrogen-bond acceptors (Lipinski definition) is 4. The molecule has 0 radical (unpaired) electrons. The predicted octanol–water partition coefficient (Wildman–Crippen LogP) is 3.71. The second-order valence-electron chi connectivity index (χ2n) is 8.48. The summed E-state index contributed by atoms with van der Waals surface area (Å²) in [5.41, 5.74) is 0.311. The summed E-state index contributed by atoms with van der Waals surface area (Å²) >= 11 is 0. The van der Waals surface area contributed by atoms with Crippen molar-refractivity contribution in [3.63, 3.8) is 0 Å². The number of ether oxygens (including phenoxy) is 1. The van der Waals surface area contributed by atoms with Gasteiger partial charge in [0.2, 0.25) is 0 Å². The topological polar surface area (TPSA) is 41.6 Å². The van der Waals surface area contributed by atoms with Crippen molar-refractivity contribution in [2.24, 2.45) is 0 Å². The van der Waals surface area contributed by atoms with E-state index in [9.17, 15) is 17.4 Å². The van der Waals surface area contributed by atoms with E-state index in [-0.39, 0.29) is 11.6 Å². The van der Waals surface area contributed by atoms with E-state index in [1.54, 1.807) is 6.07 Å². The van der Waals surface area contributed by atoms with Crippen molar-refractivity contribution in [3.05, 3.63) is 29.3 Å². The molecule has 0 atom stereocenters. The summed E-state index contributed by atoms with van der Waals surface area (Å²) in [5.74, 6) is 1.45. The summed E-state index contributed by atoms with van der Waals surface area (Å²) in [7, 11) is -0.828. The average Bonchev–Trinajstić information content (AvgIpc) is 3.06. The highest BCUT2D eigenvalue weighted by Crippen LogP contribution is 2.40. The lowest BCUT2D eigenvalue weighted by molar-refractivity contribution is -0.137. The number of alkyl halides is 3. The summed E-state index contributed by atoms with van der Waals surface area (Å²) in [6.07, 6.45) is 1.14. The zero-order chi connectivity index (χ0) is 20.5. The molecule has 0 unspecified atom stereocenters. The second kappa shape index (κ2) is 8.55. The number of likely N-dealkylation sites (tertiary alicyclic amines) is 1. The SMILES string of the molecule is O=S1CCC(Oc2cc(C(F)(F)F)ccc2CN2CCCC23CCNCC3)CC1. The number of nitrogens with zero attached hydrogens (tertiary/aromatic N) is 1. The summed E-state index contributed by atoms with van der Waals surface area (Å²) in [6.45, 7) is 3.58. The van der Waals surface area contributed by atoms with Crippen LogP contribution in [0, 0.1) is 0 Å². The molecule has 1 aromatic rings. The fraction of sp³-hybridized carbons (Fsp3) is 0.714. The Bertz CT molecular complexity index is 740. The van der Waals surface area contributed by atoms with Crippen LogP contribution in [0.2, 0.25) is 0 Å². The maximum atomic E-state index is 13.3. The molecule has 3 fully saturated rings. The van der Waals surface area contributed by atoms with Crippen molar-refractivity contribution >= 4 is 10.8 Å². The zero-order valence-corrected chi connectivity index (χ0v) is 17.4. The molecule has 3 heterocycles. The standard InChI is InChI=1S/C21H29F3N2O2S/c22-21(23,24)17-3-2-16(19(14-17)28-18-4-12-29(27)13-5-18)15-26-11-1-6-20(26)7-9-25-10-8-20/h2-3,14,18,25H,1,4-13,15H2. The van der Waals surface area contributed by atoms with Gasteiger partial charge in [-0.25, -0.2) is 0 Å². The third kappa shape index (κ3) is 4.80. The third-order valence-electron chi connectivity index (χ3n) is 6.66. The first-order valence-electron chi connectivity index (χ1n) is 10.5. The number of piperidine rings is 1. The predicted molar refractivity (Wildman–Crippen MR) is 107 cm³/mol. The molecule has 0 aromatic heterocycles. The molecular weight excluding hydrogens is 401 g/mol. The van der Waals surface area contributed by atoms with Crippen LogP contribution in [0.15, 0.2) is 18.2 Å². The van der Waals surface area contributed by atoms with Gasteiger partial charge in [0.1, 0.15) is 11.9 Å². The number of nitrogens with one attached hydrogen (secondary N) is 1. The van der Waals surface area contributed by atoms with Crippen molar-refractivity contribution in [3.8, 4) is 5.75 Å². The van der Waals surface area contributed by atoms with Gasteiger partial charge >= 0.3 is 6.18 Å². The Labute approximate surface area is 172 Å². The van der Waals surface area contributed by atoms with E-state index >= 15 is 0 Å². The van der Waals surface area contributed by atoms with Gasteiger partial charge < -0.3 is 10.1 Å². The Morgan fingerprint density at radius 1 is 1.17 bits per heavy atom. The highest BCUT2D eigenvalue weighted by Gasteiger charge is 2.42. The Morgan fingerprint density at radius 3 is 2.59 bits per heavy atom. The van der Waals surface area contributed by atoms with Gasteiger partial charge in [-0.2, -0.15) is 13.2 Å². The largest absolute Gasteiger partial charge is 0.490 e. The Balaban J connectivity index is 1.57. The van der Waals surface area contributed by atoms with Crippen LogP contribution in [0.3, 0.4) is 0 Å². The van der Waals surface area contributed by atoms with E-state index < -0.39 is 22.5 Å². The molecule has 0 saturated carbocycles. The molecule has 3 aliphatic rings. The van der Waals surface area contributed by atoms with Crippen LogP contribution >= 0.6 is 0 Å². The molecule has 162 valence electrons. The van der Waals surface area contributed by atoms with Crippen molar-refractivity contribution in [2.75, 3.05) is 31.1 Å². The van der Waals surface area contributed by atoms with Crippen LogP contribution in [0.5, 0.6) is 5.75 Å². The Kier molecular flexibility index (Phi) is 6.23.